The highest BCUT2D eigenvalue weighted by molar-refractivity contribution is 6.31. The fraction of sp³-hybridized carbons (Fsp3) is 0.200. The molecular weight excluding hydrogens is 338 g/mol. The molecule has 0 aliphatic heterocycles. The van der Waals surface area contributed by atoms with Crippen molar-refractivity contribution < 1.29 is 14.6 Å². The summed E-state index contributed by atoms with van der Waals surface area (Å²) in [6, 6.07) is 14.4. The van der Waals surface area contributed by atoms with E-state index in [4.69, 9.17) is 16.3 Å². The molecule has 0 fully saturated rings. The lowest BCUT2D eigenvalue weighted by molar-refractivity contribution is 0.0520. The number of benzene rings is 2. The van der Waals surface area contributed by atoms with Gasteiger partial charge >= 0.3 is 5.97 Å². The quantitative estimate of drug-likeness (QED) is 0.702. The molecule has 1 aromatic heterocycles. The van der Waals surface area contributed by atoms with Gasteiger partial charge in [-0.1, -0.05) is 48.0 Å². The van der Waals surface area contributed by atoms with Crippen molar-refractivity contribution >= 4 is 28.5 Å². The van der Waals surface area contributed by atoms with E-state index in [1.54, 1.807) is 32.0 Å². The first-order chi connectivity index (χ1) is 12.0. The SMILES string of the molecule is CCOC(=O)c1c(C)nc2cc(Cl)ccc2c1C(O)c1ccccc1. The summed E-state index contributed by atoms with van der Waals surface area (Å²) in [5, 5.41) is 12.2. The van der Waals surface area contributed by atoms with Crippen LogP contribution in [-0.4, -0.2) is 22.7 Å². The average molecular weight is 356 g/mol. The van der Waals surface area contributed by atoms with Gasteiger partial charge in [-0.05, 0) is 31.5 Å². The number of rotatable bonds is 4. The number of carbonyl (C=O) groups excluding carboxylic acids is 1. The number of carbonyl (C=O) groups is 1. The predicted octanol–water partition coefficient (Wildman–Crippen LogP) is 4.46. The molecule has 0 saturated carbocycles. The number of hydrogen-bond acceptors (Lipinski definition) is 4. The molecule has 1 heterocycles. The zero-order chi connectivity index (χ0) is 18.0. The molecule has 1 unspecified atom stereocenters. The Morgan fingerprint density at radius 3 is 2.64 bits per heavy atom. The second-order valence-electron chi connectivity index (χ2n) is 5.68. The highest BCUT2D eigenvalue weighted by Crippen LogP contribution is 2.34. The Morgan fingerprint density at radius 1 is 1.24 bits per heavy atom. The van der Waals surface area contributed by atoms with E-state index in [1.165, 1.54) is 0 Å². The molecule has 0 aliphatic carbocycles. The summed E-state index contributed by atoms with van der Waals surface area (Å²) in [4.78, 5) is 17.0. The number of fused-ring (bicyclic) bond motifs is 1. The van der Waals surface area contributed by atoms with E-state index in [2.05, 4.69) is 4.98 Å². The van der Waals surface area contributed by atoms with Gasteiger partial charge < -0.3 is 9.84 Å². The van der Waals surface area contributed by atoms with E-state index in [9.17, 15) is 9.90 Å². The molecule has 0 aliphatic rings. The largest absolute Gasteiger partial charge is 0.462 e. The summed E-state index contributed by atoms with van der Waals surface area (Å²) in [5.41, 5.74) is 2.60. The van der Waals surface area contributed by atoms with Gasteiger partial charge in [0.05, 0.1) is 23.4 Å². The molecule has 1 N–H and O–H groups in total. The fourth-order valence-corrected chi connectivity index (χ4v) is 3.10. The van der Waals surface area contributed by atoms with Crippen molar-refractivity contribution in [3.8, 4) is 0 Å². The van der Waals surface area contributed by atoms with Gasteiger partial charge in [0.15, 0.2) is 0 Å². The molecule has 25 heavy (non-hydrogen) atoms. The molecule has 0 radical (unpaired) electrons. The second-order valence-corrected chi connectivity index (χ2v) is 6.12. The standard InChI is InChI=1S/C20H18ClNO3/c1-3-25-20(24)17-12(2)22-16-11-14(21)9-10-15(16)18(17)19(23)13-7-5-4-6-8-13/h4-11,19,23H,3H2,1-2H3. The molecule has 3 rings (SSSR count). The monoisotopic (exact) mass is 355 g/mol. The van der Waals surface area contributed by atoms with Gasteiger partial charge in [0.1, 0.15) is 6.10 Å². The van der Waals surface area contributed by atoms with Gasteiger partial charge in [-0.15, -0.1) is 0 Å². The lowest BCUT2D eigenvalue weighted by Crippen LogP contribution is -2.15. The topological polar surface area (TPSA) is 59.4 Å². The molecular formula is C20H18ClNO3. The Balaban J connectivity index is 2.31. The Bertz CT molecular complexity index is 925. The number of aryl methyl sites for hydroxylation is 1. The molecule has 0 amide bonds. The third-order valence-corrected chi connectivity index (χ3v) is 4.27. The van der Waals surface area contributed by atoms with Crippen molar-refractivity contribution in [2.45, 2.75) is 20.0 Å². The zero-order valence-electron chi connectivity index (χ0n) is 14.0. The van der Waals surface area contributed by atoms with Crippen LogP contribution in [0, 0.1) is 6.92 Å². The number of ether oxygens (including phenoxy) is 1. The number of halogens is 1. The van der Waals surface area contributed by atoms with Crippen LogP contribution in [0.3, 0.4) is 0 Å². The van der Waals surface area contributed by atoms with Crippen LogP contribution in [-0.2, 0) is 4.74 Å². The van der Waals surface area contributed by atoms with Gasteiger partial charge in [-0.2, -0.15) is 0 Å². The zero-order valence-corrected chi connectivity index (χ0v) is 14.7. The third kappa shape index (κ3) is 3.36. The van der Waals surface area contributed by atoms with Gasteiger partial charge in [0.25, 0.3) is 0 Å². The van der Waals surface area contributed by atoms with Crippen LogP contribution < -0.4 is 0 Å². The van der Waals surface area contributed by atoms with Crippen LogP contribution >= 0.6 is 11.6 Å². The molecule has 1 atom stereocenters. The van der Waals surface area contributed by atoms with Crippen molar-refractivity contribution in [1.29, 1.82) is 0 Å². The van der Waals surface area contributed by atoms with Gasteiger partial charge in [-0.3, -0.25) is 4.98 Å². The van der Waals surface area contributed by atoms with Crippen molar-refractivity contribution in [2.75, 3.05) is 6.61 Å². The van der Waals surface area contributed by atoms with E-state index in [-0.39, 0.29) is 6.61 Å². The molecule has 0 spiro atoms. The number of aromatic nitrogens is 1. The normalized spacial score (nSPS) is 12.2. The minimum Gasteiger partial charge on any atom is -0.462 e. The Morgan fingerprint density at radius 2 is 1.96 bits per heavy atom. The first kappa shape index (κ1) is 17.4. The maximum Gasteiger partial charge on any atom is 0.340 e. The first-order valence-corrected chi connectivity index (χ1v) is 8.40. The van der Waals surface area contributed by atoms with E-state index in [0.717, 1.165) is 0 Å². The minimum atomic E-state index is -0.981. The summed E-state index contributed by atoms with van der Waals surface area (Å²) in [6.07, 6.45) is -0.981. The van der Waals surface area contributed by atoms with Crippen LogP contribution in [0.2, 0.25) is 5.02 Å². The number of esters is 1. The van der Waals surface area contributed by atoms with E-state index >= 15 is 0 Å². The summed E-state index contributed by atoms with van der Waals surface area (Å²) < 4.78 is 5.19. The predicted molar refractivity (Wildman–Crippen MR) is 98.0 cm³/mol. The number of pyridine rings is 1. The summed E-state index contributed by atoms with van der Waals surface area (Å²) >= 11 is 6.08. The van der Waals surface area contributed by atoms with E-state index in [1.807, 2.05) is 30.3 Å². The molecule has 0 saturated heterocycles. The molecule has 0 bridgehead atoms. The number of hydrogen-bond donors (Lipinski definition) is 1. The first-order valence-electron chi connectivity index (χ1n) is 8.02. The highest BCUT2D eigenvalue weighted by Gasteiger charge is 2.26. The average Bonchev–Trinajstić information content (AvgIpc) is 2.60. The van der Waals surface area contributed by atoms with Crippen molar-refractivity contribution in [3.05, 3.63) is 75.9 Å². The Labute approximate surface area is 151 Å². The fourth-order valence-electron chi connectivity index (χ4n) is 2.94. The molecule has 4 nitrogen and oxygen atoms in total. The van der Waals surface area contributed by atoms with Gasteiger partial charge in [0.2, 0.25) is 0 Å². The second kappa shape index (κ2) is 7.21. The summed E-state index contributed by atoms with van der Waals surface area (Å²) in [6.45, 7) is 3.72. The number of aliphatic hydroxyl groups is 1. The molecule has 128 valence electrons. The molecule has 5 heteroatoms. The highest BCUT2D eigenvalue weighted by atomic mass is 35.5. The van der Waals surface area contributed by atoms with E-state index in [0.29, 0.717) is 38.3 Å². The lowest BCUT2D eigenvalue weighted by atomic mass is 9.92. The lowest BCUT2D eigenvalue weighted by Gasteiger charge is -2.19. The van der Waals surface area contributed by atoms with Crippen LogP contribution in [0.1, 0.15) is 40.2 Å². The van der Waals surface area contributed by atoms with Gasteiger partial charge in [0, 0.05) is 16.0 Å². The maximum atomic E-state index is 12.5. The summed E-state index contributed by atoms with van der Waals surface area (Å²) in [7, 11) is 0. The van der Waals surface area contributed by atoms with Crippen molar-refractivity contribution in [1.82, 2.24) is 4.98 Å². The van der Waals surface area contributed by atoms with Crippen LogP contribution in [0.5, 0.6) is 0 Å². The van der Waals surface area contributed by atoms with Crippen LogP contribution in [0.25, 0.3) is 10.9 Å². The van der Waals surface area contributed by atoms with Crippen LogP contribution in [0.15, 0.2) is 48.5 Å². The Hall–Kier alpha value is -2.43. The third-order valence-electron chi connectivity index (χ3n) is 4.04. The van der Waals surface area contributed by atoms with Crippen molar-refractivity contribution in [3.63, 3.8) is 0 Å². The van der Waals surface area contributed by atoms with Gasteiger partial charge in [-0.25, -0.2) is 4.79 Å². The Kier molecular flexibility index (Phi) is 5.02. The minimum absolute atomic E-state index is 0.248. The molecule has 3 aromatic rings. The maximum absolute atomic E-state index is 12.5. The van der Waals surface area contributed by atoms with Crippen molar-refractivity contribution in [2.24, 2.45) is 0 Å². The number of nitrogens with zero attached hydrogens (tertiary/aromatic N) is 1. The number of aliphatic hydroxyl groups excluding tert-OH is 1. The van der Waals surface area contributed by atoms with Crippen LogP contribution in [0.4, 0.5) is 0 Å². The molecule has 2 aromatic carbocycles. The smallest absolute Gasteiger partial charge is 0.340 e. The summed E-state index contributed by atoms with van der Waals surface area (Å²) in [5.74, 6) is -0.491. The van der Waals surface area contributed by atoms with E-state index < -0.39 is 12.1 Å².